The highest BCUT2D eigenvalue weighted by Gasteiger charge is 2.18. The van der Waals surface area contributed by atoms with Crippen molar-refractivity contribution in [3.05, 3.63) is 40.5 Å². The molecule has 2 rings (SSSR count). The molecule has 19 heavy (non-hydrogen) atoms. The summed E-state index contributed by atoms with van der Waals surface area (Å²) in [6.07, 6.45) is 4.21. The number of rotatable bonds is 5. The van der Waals surface area contributed by atoms with Gasteiger partial charge in [-0.3, -0.25) is 14.7 Å². The van der Waals surface area contributed by atoms with Gasteiger partial charge in [-0.2, -0.15) is 0 Å². The lowest BCUT2D eigenvalue weighted by atomic mass is 10.3. The minimum absolute atomic E-state index is 0.0388. The Morgan fingerprint density at radius 3 is 2.84 bits per heavy atom. The van der Waals surface area contributed by atoms with Crippen molar-refractivity contribution >= 4 is 11.5 Å². The second-order valence-electron chi connectivity index (χ2n) is 4.07. The van der Waals surface area contributed by atoms with E-state index in [9.17, 15) is 10.1 Å². The SMILES string of the molecule is CCCNc1ccc([N+](=O)[O-])c(-n2ccnc2C)n1. The van der Waals surface area contributed by atoms with Gasteiger partial charge in [-0.25, -0.2) is 9.97 Å². The third-order valence-corrected chi connectivity index (χ3v) is 2.66. The monoisotopic (exact) mass is 261 g/mol. The highest BCUT2D eigenvalue weighted by Crippen LogP contribution is 2.23. The van der Waals surface area contributed by atoms with E-state index in [-0.39, 0.29) is 11.5 Å². The number of hydrogen-bond donors (Lipinski definition) is 1. The second-order valence-corrected chi connectivity index (χ2v) is 4.07. The van der Waals surface area contributed by atoms with Crippen LogP contribution in [0.5, 0.6) is 0 Å². The van der Waals surface area contributed by atoms with Crippen molar-refractivity contribution in [1.29, 1.82) is 0 Å². The van der Waals surface area contributed by atoms with Crippen LogP contribution in [-0.2, 0) is 0 Å². The zero-order chi connectivity index (χ0) is 13.8. The molecule has 7 heteroatoms. The molecule has 0 spiro atoms. The van der Waals surface area contributed by atoms with Crippen molar-refractivity contribution in [3.63, 3.8) is 0 Å². The summed E-state index contributed by atoms with van der Waals surface area (Å²) >= 11 is 0. The van der Waals surface area contributed by atoms with Gasteiger partial charge in [0, 0.05) is 25.0 Å². The van der Waals surface area contributed by atoms with Gasteiger partial charge in [0.1, 0.15) is 11.6 Å². The van der Waals surface area contributed by atoms with Gasteiger partial charge in [0.15, 0.2) is 0 Å². The Balaban J connectivity index is 2.48. The average Bonchev–Trinajstić information content (AvgIpc) is 2.82. The normalized spacial score (nSPS) is 10.4. The number of pyridine rings is 1. The number of imidazole rings is 1. The van der Waals surface area contributed by atoms with E-state index in [0.29, 0.717) is 11.6 Å². The van der Waals surface area contributed by atoms with E-state index in [1.165, 1.54) is 6.07 Å². The molecule has 0 aliphatic rings. The largest absolute Gasteiger partial charge is 0.370 e. The molecule has 0 radical (unpaired) electrons. The first-order chi connectivity index (χ1) is 9.13. The molecule has 0 bridgehead atoms. The topological polar surface area (TPSA) is 85.9 Å². The van der Waals surface area contributed by atoms with Crippen LogP contribution in [0.3, 0.4) is 0 Å². The molecule has 0 aliphatic carbocycles. The summed E-state index contributed by atoms with van der Waals surface area (Å²) < 4.78 is 1.61. The smallest absolute Gasteiger partial charge is 0.312 e. The maximum absolute atomic E-state index is 11.1. The molecule has 1 N–H and O–H groups in total. The number of nitrogens with zero attached hydrogens (tertiary/aromatic N) is 4. The predicted molar refractivity (Wildman–Crippen MR) is 71.5 cm³/mol. The summed E-state index contributed by atoms with van der Waals surface area (Å²) in [5, 5.41) is 14.2. The van der Waals surface area contributed by atoms with Crippen LogP contribution in [0.25, 0.3) is 5.82 Å². The molecular formula is C12H15N5O2. The zero-order valence-corrected chi connectivity index (χ0v) is 10.8. The molecule has 0 amide bonds. The van der Waals surface area contributed by atoms with Crippen LogP contribution in [0.4, 0.5) is 11.5 Å². The highest BCUT2D eigenvalue weighted by molar-refractivity contribution is 5.53. The van der Waals surface area contributed by atoms with Crippen molar-refractivity contribution in [3.8, 4) is 5.82 Å². The van der Waals surface area contributed by atoms with Gasteiger partial charge in [-0.05, 0) is 19.4 Å². The molecule has 0 fully saturated rings. The Bertz CT molecular complexity index is 594. The molecule has 0 aromatic carbocycles. The fourth-order valence-electron chi connectivity index (χ4n) is 1.71. The van der Waals surface area contributed by atoms with E-state index in [0.717, 1.165) is 13.0 Å². The van der Waals surface area contributed by atoms with E-state index < -0.39 is 4.92 Å². The van der Waals surface area contributed by atoms with Gasteiger partial charge in [0.2, 0.25) is 5.82 Å². The van der Waals surface area contributed by atoms with Crippen LogP contribution in [-0.4, -0.2) is 26.0 Å². The summed E-state index contributed by atoms with van der Waals surface area (Å²) in [6, 6.07) is 3.07. The van der Waals surface area contributed by atoms with E-state index in [1.54, 1.807) is 30.0 Å². The number of aryl methyl sites for hydroxylation is 1. The third-order valence-electron chi connectivity index (χ3n) is 2.66. The maximum Gasteiger partial charge on any atom is 0.312 e. The lowest BCUT2D eigenvalue weighted by molar-refractivity contribution is -0.384. The molecule has 0 aliphatic heterocycles. The van der Waals surface area contributed by atoms with Crippen molar-refractivity contribution in [2.75, 3.05) is 11.9 Å². The van der Waals surface area contributed by atoms with Crippen LogP contribution in [0.1, 0.15) is 19.2 Å². The van der Waals surface area contributed by atoms with Crippen molar-refractivity contribution in [2.24, 2.45) is 0 Å². The maximum atomic E-state index is 11.1. The van der Waals surface area contributed by atoms with Crippen LogP contribution >= 0.6 is 0 Å². The molecular weight excluding hydrogens is 246 g/mol. The fraction of sp³-hybridized carbons (Fsp3) is 0.333. The Kier molecular flexibility index (Phi) is 3.74. The van der Waals surface area contributed by atoms with Gasteiger partial charge in [0.05, 0.1) is 4.92 Å². The molecule has 0 atom stereocenters. The minimum Gasteiger partial charge on any atom is -0.370 e. The predicted octanol–water partition coefficient (Wildman–Crippen LogP) is 2.31. The Morgan fingerprint density at radius 1 is 1.47 bits per heavy atom. The summed E-state index contributed by atoms with van der Waals surface area (Å²) in [7, 11) is 0. The van der Waals surface area contributed by atoms with Gasteiger partial charge in [-0.15, -0.1) is 0 Å². The lowest BCUT2D eigenvalue weighted by Crippen LogP contribution is -2.08. The number of nitro groups is 1. The third kappa shape index (κ3) is 2.70. The molecule has 0 saturated heterocycles. The molecule has 7 nitrogen and oxygen atoms in total. The first kappa shape index (κ1) is 13.0. The zero-order valence-electron chi connectivity index (χ0n) is 10.8. The molecule has 100 valence electrons. The number of anilines is 1. The second kappa shape index (κ2) is 5.47. The van der Waals surface area contributed by atoms with Crippen molar-refractivity contribution in [2.45, 2.75) is 20.3 Å². The van der Waals surface area contributed by atoms with Crippen molar-refractivity contribution < 1.29 is 4.92 Å². The molecule has 0 saturated carbocycles. The van der Waals surface area contributed by atoms with Gasteiger partial charge in [0.25, 0.3) is 0 Å². The van der Waals surface area contributed by atoms with Gasteiger partial charge >= 0.3 is 5.69 Å². The van der Waals surface area contributed by atoms with Crippen LogP contribution in [0, 0.1) is 17.0 Å². The summed E-state index contributed by atoms with van der Waals surface area (Å²) in [4.78, 5) is 19.0. The van der Waals surface area contributed by atoms with Crippen LogP contribution < -0.4 is 5.32 Å². The lowest BCUT2D eigenvalue weighted by Gasteiger charge is -2.08. The van der Waals surface area contributed by atoms with Gasteiger partial charge in [-0.1, -0.05) is 6.92 Å². The number of hydrogen-bond acceptors (Lipinski definition) is 5. The van der Waals surface area contributed by atoms with Crippen LogP contribution in [0.2, 0.25) is 0 Å². The van der Waals surface area contributed by atoms with E-state index in [4.69, 9.17) is 0 Å². The van der Waals surface area contributed by atoms with Crippen molar-refractivity contribution in [1.82, 2.24) is 14.5 Å². The Labute approximate surface area is 110 Å². The fourth-order valence-corrected chi connectivity index (χ4v) is 1.71. The Morgan fingerprint density at radius 2 is 2.26 bits per heavy atom. The van der Waals surface area contributed by atoms with E-state index in [2.05, 4.69) is 15.3 Å². The standard InChI is InChI=1S/C12H15N5O2/c1-3-6-14-11-5-4-10(17(18)19)12(15-11)16-8-7-13-9(16)2/h4-5,7-8H,3,6H2,1-2H3,(H,14,15). The highest BCUT2D eigenvalue weighted by atomic mass is 16.6. The molecule has 2 aromatic rings. The summed E-state index contributed by atoms with van der Waals surface area (Å²) in [6.45, 7) is 4.59. The number of nitrogens with one attached hydrogen (secondary N) is 1. The quantitative estimate of drug-likeness (QED) is 0.659. The summed E-state index contributed by atoms with van der Waals surface area (Å²) in [5.74, 6) is 1.56. The number of aromatic nitrogens is 3. The first-order valence-electron chi connectivity index (χ1n) is 6.03. The van der Waals surface area contributed by atoms with Gasteiger partial charge < -0.3 is 5.32 Å². The first-order valence-corrected chi connectivity index (χ1v) is 6.03. The molecule has 2 aromatic heterocycles. The Hall–Kier alpha value is -2.44. The molecule has 2 heterocycles. The minimum atomic E-state index is -0.439. The van der Waals surface area contributed by atoms with Crippen LogP contribution in [0.15, 0.2) is 24.5 Å². The average molecular weight is 261 g/mol. The summed E-state index contributed by atoms with van der Waals surface area (Å²) in [5.41, 5.74) is -0.0388. The molecule has 0 unspecified atom stereocenters. The van der Waals surface area contributed by atoms with E-state index >= 15 is 0 Å². The van der Waals surface area contributed by atoms with E-state index in [1.807, 2.05) is 6.92 Å².